The number of alkyl halides is 1. The van der Waals surface area contributed by atoms with Gasteiger partial charge in [-0.25, -0.2) is 4.31 Å². The number of halogens is 1. The Morgan fingerprint density at radius 3 is 3.06 bits per heavy atom. The van der Waals surface area contributed by atoms with Gasteiger partial charge in [-0.1, -0.05) is 6.07 Å². The highest BCUT2D eigenvalue weighted by molar-refractivity contribution is 7.97. The summed E-state index contributed by atoms with van der Waals surface area (Å²) in [7, 11) is 1.59. The molecule has 0 fully saturated rings. The van der Waals surface area contributed by atoms with E-state index in [1.807, 2.05) is 22.5 Å². The number of hydrogen-bond donors (Lipinski definition) is 0. The largest absolute Gasteiger partial charge is 0.496 e. The van der Waals surface area contributed by atoms with Crippen LogP contribution in [0, 0.1) is 0 Å². The van der Waals surface area contributed by atoms with Gasteiger partial charge in [-0.15, -0.1) is 11.6 Å². The smallest absolute Gasteiger partial charge is 0.182 e. The molecule has 1 aromatic rings. The molecule has 0 atom stereocenters. The van der Waals surface area contributed by atoms with Gasteiger partial charge in [0, 0.05) is 17.3 Å². The van der Waals surface area contributed by atoms with Crippen molar-refractivity contribution in [1.82, 2.24) is 4.31 Å². The molecule has 0 aliphatic carbocycles. The zero-order chi connectivity index (χ0) is 12.3. The summed E-state index contributed by atoms with van der Waals surface area (Å²) in [5.41, 5.74) is 0.710. The standard InChI is InChI=1S/C12H14ClNO2S/c1-16-10-4-2-5-11-12(10)9(15)8-14(17-11)7-3-6-13/h2,4-5H,3,6-8H2,1H3. The van der Waals surface area contributed by atoms with E-state index in [0.29, 0.717) is 23.7 Å². The molecule has 1 aliphatic rings. The molecule has 0 radical (unpaired) electrons. The predicted octanol–water partition coefficient (Wildman–Crippen LogP) is 2.83. The maximum Gasteiger partial charge on any atom is 0.182 e. The van der Waals surface area contributed by atoms with Crippen molar-refractivity contribution in [2.75, 3.05) is 26.1 Å². The summed E-state index contributed by atoms with van der Waals surface area (Å²) in [5, 5.41) is 0. The summed E-state index contributed by atoms with van der Waals surface area (Å²) in [4.78, 5) is 13.0. The molecule has 0 saturated heterocycles. The first-order valence-electron chi connectivity index (χ1n) is 5.45. The number of carbonyl (C=O) groups excluding carboxylic acids is 1. The van der Waals surface area contributed by atoms with E-state index in [-0.39, 0.29) is 5.78 Å². The number of ether oxygens (including phenoxy) is 1. The number of nitrogens with zero attached hydrogens (tertiary/aromatic N) is 1. The molecular formula is C12H14ClNO2S. The monoisotopic (exact) mass is 271 g/mol. The average molecular weight is 272 g/mol. The number of fused-ring (bicyclic) bond motifs is 1. The first-order chi connectivity index (χ1) is 8.26. The molecule has 5 heteroatoms. The molecule has 0 N–H and O–H groups in total. The molecule has 2 rings (SSSR count). The fraction of sp³-hybridized carbons (Fsp3) is 0.417. The zero-order valence-electron chi connectivity index (χ0n) is 9.61. The third-order valence-corrected chi connectivity index (χ3v) is 3.95. The normalized spacial score (nSPS) is 15.8. The second-order valence-electron chi connectivity index (χ2n) is 3.75. The van der Waals surface area contributed by atoms with Crippen LogP contribution in [0.1, 0.15) is 16.8 Å². The summed E-state index contributed by atoms with van der Waals surface area (Å²) in [5.74, 6) is 1.40. The molecule has 0 amide bonds. The van der Waals surface area contributed by atoms with Crippen LogP contribution in [-0.4, -0.2) is 36.2 Å². The summed E-state index contributed by atoms with van der Waals surface area (Å²) in [6.07, 6.45) is 0.890. The van der Waals surface area contributed by atoms with Gasteiger partial charge in [0.15, 0.2) is 5.78 Å². The molecule has 0 unspecified atom stereocenters. The Bertz CT molecular complexity index is 425. The Morgan fingerprint density at radius 2 is 2.35 bits per heavy atom. The van der Waals surface area contributed by atoms with Crippen LogP contribution in [-0.2, 0) is 0 Å². The highest BCUT2D eigenvalue weighted by Crippen LogP contribution is 2.36. The third kappa shape index (κ3) is 2.76. The number of Topliss-reactive ketones (excluding diaryl/α,β-unsaturated/α-hetero) is 1. The lowest BCUT2D eigenvalue weighted by molar-refractivity contribution is 0.0959. The van der Waals surface area contributed by atoms with Crippen LogP contribution in [0.3, 0.4) is 0 Å². The van der Waals surface area contributed by atoms with Crippen LogP contribution in [0.25, 0.3) is 0 Å². The van der Waals surface area contributed by atoms with Gasteiger partial charge in [0.2, 0.25) is 0 Å². The molecular weight excluding hydrogens is 258 g/mol. The fourth-order valence-corrected chi connectivity index (χ4v) is 3.05. The zero-order valence-corrected chi connectivity index (χ0v) is 11.2. The Hall–Kier alpha value is -0.710. The van der Waals surface area contributed by atoms with Crippen LogP contribution in [0.5, 0.6) is 5.75 Å². The molecule has 17 heavy (non-hydrogen) atoms. The summed E-state index contributed by atoms with van der Waals surface area (Å²) in [6, 6.07) is 5.68. The van der Waals surface area contributed by atoms with Crippen molar-refractivity contribution in [2.24, 2.45) is 0 Å². The number of ketones is 1. The van der Waals surface area contributed by atoms with E-state index < -0.39 is 0 Å². The van der Waals surface area contributed by atoms with Crippen molar-refractivity contribution in [2.45, 2.75) is 11.3 Å². The van der Waals surface area contributed by atoms with Crippen LogP contribution < -0.4 is 4.74 Å². The minimum absolute atomic E-state index is 0.116. The Morgan fingerprint density at radius 1 is 1.53 bits per heavy atom. The SMILES string of the molecule is COc1cccc2c1C(=O)CN(CCCCl)S2. The van der Waals surface area contributed by atoms with Crippen LogP contribution in [0.15, 0.2) is 23.1 Å². The minimum Gasteiger partial charge on any atom is -0.496 e. The molecule has 0 saturated carbocycles. The average Bonchev–Trinajstić information content (AvgIpc) is 2.35. The van der Waals surface area contributed by atoms with Crippen LogP contribution >= 0.6 is 23.5 Å². The second kappa shape index (κ2) is 5.76. The highest BCUT2D eigenvalue weighted by Gasteiger charge is 2.26. The van der Waals surface area contributed by atoms with E-state index in [2.05, 4.69) is 0 Å². The van der Waals surface area contributed by atoms with E-state index in [0.717, 1.165) is 17.9 Å². The molecule has 0 bridgehead atoms. The molecule has 0 spiro atoms. The summed E-state index contributed by atoms with van der Waals surface area (Å²) >= 11 is 7.27. The number of benzene rings is 1. The van der Waals surface area contributed by atoms with Gasteiger partial charge in [0.25, 0.3) is 0 Å². The van der Waals surface area contributed by atoms with Crippen molar-refractivity contribution in [3.8, 4) is 5.75 Å². The lowest BCUT2D eigenvalue weighted by Crippen LogP contribution is -2.29. The van der Waals surface area contributed by atoms with Gasteiger partial charge in [0.05, 0.1) is 19.2 Å². The minimum atomic E-state index is 0.116. The van der Waals surface area contributed by atoms with Gasteiger partial charge in [-0.3, -0.25) is 4.79 Å². The topological polar surface area (TPSA) is 29.5 Å². The maximum atomic E-state index is 12.1. The van der Waals surface area contributed by atoms with E-state index in [9.17, 15) is 4.79 Å². The number of carbonyl (C=O) groups is 1. The number of hydrogen-bond acceptors (Lipinski definition) is 4. The lowest BCUT2D eigenvalue weighted by Gasteiger charge is -2.26. The number of rotatable bonds is 4. The molecule has 92 valence electrons. The quantitative estimate of drug-likeness (QED) is 0.622. The molecule has 3 nitrogen and oxygen atoms in total. The third-order valence-electron chi connectivity index (χ3n) is 2.58. The van der Waals surface area contributed by atoms with Gasteiger partial charge >= 0.3 is 0 Å². The molecule has 1 aromatic carbocycles. The maximum absolute atomic E-state index is 12.1. The fourth-order valence-electron chi connectivity index (χ4n) is 1.80. The first-order valence-corrected chi connectivity index (χ1v) is 6.76. The number of methoxy groups -OCH3 is 1. The summed E-state index contributed by atoms with van der Waals surface area (Å²) in [6.45, 7) is 1.26. The van der Waals surface area contributed by atoms with Gasteiger partial charge in [0.1, 0.15) is 5.75 Å². The van der Waals surface area contributed by atoms with Crippen molar-refractivity contribution in [3.63, 3.8) is 0 Å². The lowest BCUT2D eigenvalue weighted by atomic mass is 10.1. The molecule has 0 aromatic heterocycles. The van der Waals surface area contributed by atoms with Gasteiger partial charge in [-0.2, -0.15) is 0 Å². The van der Waals surface area contributed by atoms with E-state index in [1.54, 1.807) is 19.1 Å². The highest BCUT2D eigenvalue weighted by atomic mass is 35.5. The van der Waals surface area contributed by atoms with Crippen LogP contribution in [0.2, 0.25) is 0 Å². The van der Waals surface area contributed by atoms with E-state index >= 15 is 0 Å². The molecule has 1 heterocycles. The Labute approximate surface area is 110 Å². The van der Waals surface area contributed by atoms with Crippen LogP contribution in [0.4, 0.5) is 0 Å². The Balaban J connectivity index is 2.22. The molecule has 1 aliphatic heterocycles. The van der Waals surface area contributed by atoms with Gasteiger partial charge < -0.3 is 4.74 Å². The van der Waals surface area contributed by atoms with Crippen molar-refractivity contribution in [3.05, 3.63) is 23.8 Å². The first kappa shape index (κ1) is 12.7. The van der Waals surface area contributed by atoms with Crippen molar-refractivity contribution < 1.29 is 9.53 Å². The van der Waals surface area contributed by atoms with E-state index in [1.165, 1.54) is 0 Å². The summed E-state index contributed by atoms with van der Waals surface area (Å²) < 4.78 is 7.27. The Kier molecular flexibility index (Phi) is 4.31. The van der Waals surface area contributed by atoms with E-state index in [4.69, 9.17) is 16.3 Å². The van der Waals surface area contributed by atoms with Crippen molar-refractivity contribution >= 4 is 29.3 Å². The van der Waals surface area contributed by atoms with Gasteiger partial charge in [-0.05, 0) is 30.5 Å². The predicted molar refractivity (Wildman–Crippen MR) is 70.1 cm³/mol. The second-order valence-corrected chi connectivity index (χ2v) is 5.27. The van der Waals surface area contributed by atoms with Crippen molar-refractivity contribution in [1.29, 1.82) is 0 Å².